The number of ether oxygens (including phenoxy) is 2. The number of benzene rings is 2. The van der Waals surface area contributed by atoms with Crippen molar-refractivity contribution in [2.24, 2.45) is 0 Å². The molecule has 0 heterocycles. The van der Waals surface area contributed by atoms with Gasteiger partial charge in [-0.05, 0) is 47.5 Å². The van der Waals surface area contributed by atoms with Crippen LogP contribution in [0.5, 0.6) is 5.75 Å². The SMILES string of the molecule is COCCNC(=O)/C(C#N)=C/c1ccc(OC(=O)/C=C/c2ccc(F)cc2)cc1. The highest BCUT2D eigenvalue weighted by Crippen LogP contribution is 2.15. The first kappa shape index (κ1) is 21.5. The van der Waals surface area contributed by atoms with Gasteiger partial charge in [-0.2, -0.15) is 5.26 Å². The Morgan fingerprint density at radius 3 is 2.38 bits per heavy atom. The van der Waals surface area contributed by atoms with Gasteiger partial charge in [-0.3, -0.25) is 4.79 Å². The predicted molar refractivity (Wildman–Crippen MR) is 106 cm³/mol. The first-order chi connectivity index (χ1) is 14.0. The molecule has 0 aliphatic rings. The van der Waals surface area contributed by atoms with E-state index in [-0.39, 0.29) is 11.4 Å². The molecule has 0 unspecified atom stereocenters. The van der Waals surface area contributed by atoms with Gasteiger partial charge in [-0.1, -0.05) is 24.3 Å². The number of carbonyl (C=O) groups is 2. The summed E-state index contributed by atoms with van der Waals surface area (Å²) >= 11 is 0. The van der Waals surface area contributed by atoms with Gasteiger partial charge in [0, 0.05) is 19.7 Å². The van der Waals surface area contributed by atoms with Crippen LogP contribution in [0.25, 0.3) is 12.2 Å². The van der Waals surface area contributed by atoms with Crippen molar-refractivity contribution in [3.8, 4) is 11.8 Å². The number of nitrogens with one attached hydrogen (secondary N) is 1. The van der Waals surface area contributed by atoms with E-state index in [1.165, 1.54) is 37.5 Å². The summed E-state index contributed by atoms with van der Waals surface area (Å²) in [7, 11) is 1.51. The van der Waals surface area contributed by atoms with Crippen molar-refractivity contribution in [1.82, 2.24) is 5.32 Å². The number of carbonyl (C=O) groups excluding carboxylic acids is 2. The van der Waals surface area contributed by atoms with Crippen LogP contribution in [-0.4, -0.2) is 32.1 Å². The second-order valence-electron chi connectivity index (χ2n) is 5.79. The highest BCUT2D eigenvalue weighted by atomic mass is 19.1. The molecular formula is C22H19FN2O4. The molecule has 29 heavy (non-hydrogen) atoms. The fraction of sp³-hybridized carbons (Fsp3) is 0.136. The summed E-state index contributed by atoms with van der Waals surface area (Å²) in [4.78, 5) is 23.8. The van der Waals surface area contributed by atoms with E-state index in [2.05, 4.69) is 5.32 Å². The molecule has 2 rings (SSSR count). The van der Waals surface area contributed by atoms with E-state index in [1.54, 1.807) is 36.4 Å². The summed E-state index contributed by atoms with van der Waals surface area (Å²) in [6, 6.07) is 13.9. The highest BCUT2D eigenvalue weighted by Gasteiger charge is 2.08. The Balaban J connectivity index is 1.96. The molecule has 148 valence electrons. The molecular weight excluding hydrogens is 375 g/mol. The number of esters is 1. The van der Waals surface area contributed by atoms with E-state index in [9.17, 15) is 14.0 Å². The highest BCUT2D eigenvalue weighted by molar-refractivity contribution is 6.01. The molecule has 2 aromatic rings. The van der Waals surface area contributed by atoms with Crippen LogP contribution < -0.4 is 10.1 Å². The van der Waals surface area contributed by atoms with Crippen LogP contribution in [0.1, 0.15) is 11.1 Å². The fourth-order valence-corrected chi connectivity index (χ4v) is 2.20. The third-order valence-corrected chi connectivity index (χ3v) is 3.65. The number of halogens is 1. The minimum absolute atomic E-state index is 0.0481. The summed E-state index contributed by atoms with van der Waals surface area (Å²) in [5.74, 6) is -1.14. The van der Waals surface area contributed by atoms with Gasteiger partial charge >= 0.3 is 5.97 Å². The van der Waals surface area contributed by atoms with Gasteiger partial charge in [0.05, 0.1) is 6.61 Å². The molecule has 0 spiro atoms. The Hall–Kier alpha value is -3.76. The number of nitrogens with zero attached hydrogens (tertiary/aromatic N) is 1. The maximum absolute atomic E-state index is 12.9. The zero-order valence-electron chi connectivity index (χ0n) is 15.7. The molecule has 0 saturated heterocycles. The zero-order chi connectivity index (χ0) is 21.1. The average Bonchev–Trinajstić information content (AvgIpc) is 2.73. The minimum Gasteiger partial charge on any atom is -0.423 e. The third kappa shape index (κ3) is 7.40. The van der Waals surface area contributed by atoms with Gasteiger partial charge in [-0.25, -0.2) is 9.18 Å². The smallest absolute Gasteiger partial charge is 0.336 e. The zero-order valence-corrected chi connectivity index (χ0v) is 15.7. The molecule has 0 aliphatic heterocycles. The van der Waals surface area contributed by atoms with Crippen LogP contribution in [0.3, 0.4) is 0 Å². The van der Waals surface area contributed by atoms with Crippen LogP contribution in [0.4, 0.5) is 4.39 Å². The summed E-state index contributed by atoms with van der Waals surface area (Å²) in [5.41, 5.74) is 1.22. The van der Waals surface area contributed by atoms with E-state index in [0.717, 1.165) is 0 Å². The van der Waals surface area contributed by atoms with Gasteiger partial charge in [0.25, 0.3) is 5.91 Å². The standard InChI is InChI=1S/C22H19FN2O4/c1-28-13-12-25-22(27)18(15-24)14-17-4-9-20(10-5-17)29-21(26)11-6-16-2-7-19(23)8-3-16/h2-11,14H,12-13H2,1H3,(H,25,27)/b11-6+,18-14+. The van der Waals surface area contributed by atoms with Crippen molar-refractivity contribution in [2.45, 2.75) is 0 Å². The van der Waals surface area contributed by atoms with E-state index < -0.39 is 11.9 Å². The number of hydrogen-bond acceptors (Lipinski definition) is 5. The molecule has 0 radical (unpaired) electrons. The second kappa shape index (κ2) is 11.2. The molecule has 0 saturated carbocycles. The number of amides is 1. The van der Waals surface area contributed by atoms with Gasteiger partial charge in [0.1, 0.15) is 23.2 Å². The second-order valence-corrected chi connectivity index (χ2v) is 5.79. The molecule has 0 aromatic heterocycles. The Kier molecular flexibility index (Phi) is 8.29. The molecule has 2 aromatic carbocycles. The monoisotopic (exact) mass is 394 g/mol. The average molecular weight is 394 g/mol. The van der Waals surface area contributed by atoms with Crippen molar-refractivity contribution in [2.75, 3.05) is 20.3 Å². The van der Waals surface area contributed by atoms with Crippen molar-refractivity contribution < 1.29 is 23.5 Å². The fourth-order valence-electron chi connectivity index (χ4n) is 2.20. The van der Waals surface area contributed by atoms with Crippen LogP contribution in [0.15, 0.2) is 60.2 Å². The number of rotatable bonds is 8. The lowest BCUT2D eigenvalue weighted by atomic mass is 10.1. The van der Waals surface area contributed by atoms with Crippen LogP contribution in [0, 0.1) is 17.1 Å². The maximum atomic E-state index is 12.9. The van der Waals surface area contributed by atoms with Crippen molar-refractivity contribution in [1.29, 1.82) is 5.26 Å². The minimum atomic E-state index is -0.590. The van der Waals surface area contributed by atoms with E-state index in [1.807, 2.05) is 6.07 Å². The number of nitriles is 1. The Labute approximate surface area is 167 Å². The molecule has 0 fully saturated rings. The maximum Gasteiger partial charge on any atom is 0.336 e. The predicted octanol–water partition coefficient (Wildman–Crippen LogP) is 3.11. The first-order valence-corrected chi connectivity index (χ1v) is 8.66. The lowest BCUT2D eigenvalue weighted by Gasteiger charge is -2.04. The summed E-state index contributed by atoms with van der Waals surface area (Å²) in [5, 5.41) is 11.7. The molecule has 7 heteroatoms. The van der Waals surface area contributed by atoms with Crippen molar-refractivity contribution >= 4 is 24.0 Å². The summed E-state index contributed by atoms with van der Waals surface area (Å²) < 4.78 is 22.9. The summed E-state index contributed by atoms with van der Waals surface area (Å²) in [6.07, 6.45) is 4.18. The lowest BCUT2D eigenvalue weighted by molar-refractivity contribution is -0.128. The molecule has 0 bridgehead atoms. The normalized spacial score (nSPS) is 11.1. The topological polar surface area (TPSA) is 88.4 Å². The Bertz CT molecular complexity index is 942. The van der Waals surface area contributed by atoms with Crippen LogP contribution in [-0.2, 0) is 14.3 Å². The summed E-state index contributed by atoms with van der Waals surface area (Å²) in [6.45, 7) is 0.648. The third-order valence-electron chi connectivity index (χ3n) is 3.65. The van der Waals surface area contributed by atoms with Crippen LogP contribution >= 0.6 is 0 Å². The number of hydrogen-bond donors (Lipinski definition) is 1. The van der Waals surface area contributed by atoms with Crippen molar-refractivity contribution in [3.05, 3.63) is 77.1 Å². The lowest BCUT2D eigenvalue weighted by Crippen LogP contribution is -2.27. The number of methoxy groups -OCH3 is 1. The largest absolute Gasteiger partial charge is 0.423 e. The first-order valence-electron chi connectivity index (χ1n) is 8.66. The van der Waals surface area contributed by atoms with Gasteiger partial charge in [0.2, 0.25) is 0 Å². The van der Waals surface area contributed by atoms with Gasteiger partial charge < -0.3 is 14.8 Å². The molecule has 6 nitrogen and oxygen atoms in total. The van der Waals surface area contributed by atoms with Crippen LogP contribution in [0.2, 0.25) is 0 Å². The van der Waals surface area contributed by atoms with Gasteiger partial charge in [-0.15, -0.1) is 0 Å². The molecule has 0 atom stereocenters. The molecule has 1 N–H and O–H groups in total. The van der Waals surface area contributed by atoms with E-state index in [4.69, 9.17) is 14.7 Å². The quantitative estimate of drug-likeness (QED) is 0.244. The Morgan fingerprint density at radius 2 is 1.76 bits per heavy atom. The van der Waals surface area contributed by atoms with Gasteiger partial charge in [0.15, 0.2) is 0 Å². The molecule has 1 amide bonds. The van der Waals surface area contributed by atoms with Crippen molar-refractivity contribution in [3.63, 3.8) is 0 Å². The van der Waals surface area contributed by atoms with E-state index >= 15 is 0 Å². The Morgan fingerprint density at radius 1 is 1.10 bits per heavy atom. The molecule has 0 aliphatic carbocycles. The van der Waals surface area contributed by atoms with E-state index in [0.29, 0.717) is 30.0 Å².